The number of ether oxygens (including phenoxy) is 1. The van der Waals surface area contributed by atoms with E-state index in [9.17, 15) is 9.18 Å². The number of aryl methyl sites for hydroxylation is 1. The molecule has 0 unspecified atom stereocenters. The zero-order valence-electron chi connectivity index (χ0n) is 10.7. The van der Waals surface area contributed by atoms with Crippen LogP contribution in [0.2, 0.25) is 5.02 Å². The van der Waals surface area contributed by atoms with Crippen LogP contribution < -0.4 is 5.32 Å². The van der Waals surface area contributed by atoms with Gasteiger partial charge in [-0.3, -0.25) is 4.79 Å². The van der Waals surface area contributed by atoms with Crippen molar-refractivity contribution in [3.8, 4) is 0 Å². The van der Waals surface area contributed by atoms with E-state index >= 15 is 0 Å². The van der Waals surface area contributed by atoms with Crippen molar-refractivity contribution in [3.63, 3.8) is 0 Å². The van der Waals surface area contributed by atoms with Crippen LogP contribution in [0.4, 0.5) is 15.2 Å². The second-order valence-corrected chi connectivity index (χ2v) is 5.21. The molecule has 0 saturated carbocycles. The highest BCUT2D eigenvalue weighted by Gasteiger charge is 2.10. The Balaban J connectivity index is 2.04. The van der Waals surface area contributed by atoms with Gasteiger partial charge in [0.25, 0.3) is 0 Å². The van der Waals surface area contributed by atoms with Crippen molar-refractivity contribution in [2.24, 2.45) is 0 Å². The zero-order chi connectivity index (χ0) is 14.5. The molecule has 0 aliphatic rings. The molecule has 1 aromatic carbocycles. The van der Waals surface area contributed by atoms with Gasteiger partial charge in [0, 0.05) is 11.8 Å². The number of anilines is 2. The first kappa shape index (κ1) is 14.7. The molecule has 106 valence electrons. The minimum Gasteiger partial charge on any atom is -0.469 e. The number of benzene rings is 1. The molecule has 7 heteroatoms. The first-order valence-corrected chi connectivity index (χ1v) is 7.08. The predicted molar refractivity (Wildman–Crippen MR) is 77.1 cm³/mol. The number of carbonyl (C=O) groups is 1. The third-order valence-corrected chi connectivity index (χ3v) is 3.68. The molecule has 0 atom stereocenters. The van der Waals surface area contributed by atoms with Crippen LogP contribution in [0.5, 0.6) is 0 Å². The molecule has 0 aliphatic carbocycles. The number of hydrogen-bond acceptors (Lipinski definition) is 5. The standard InChI is InChI=1S/C13H12ClFN2O2S/c1-19-11(18)6-5-8-7-20-13(16-8)17-12-9(14)3-2-4-10(12)15/h2-4,7H,5-6H2,1H3,(H,16,17). The lowest BCUT2D eigenvalue weighted by Gasteiger charge is -2.05. The molecule has 0 bridgehead atoms. The lowest BCUT2D eigenvalue weighted by Crippen LogP contribution is -2.02. The highest BCUT2D eigenvalue weighted by molar-refractivity contribution is 7.13. The Morgan fingerprint density at radius 2 is 2.35 bits per heavy atom. The molecule has 0 radical (unpaired) electrons. The van der Waals surface area contributed by atoms with Gasteiger partial charge in [-0.1, -0.05) is 17.7 Å². The number of hydrogen-bond donors (Lipinski definition) is 1. The van der Waals surface area contributed by atoms with Crippen LogP contribution in [0, 0.1) is 5.82 Å². The number of thiazole rings is 1. The quantitative estimate of drug-likeness (QED) is 0.853. The molecule has 0 amide bonds. The van der Waals surface area contributed by atoms with Crippen molar-refractivity contribution >= 4 is 39.7 Å². The highest BCUT2D eigenvalue weighted by Crippen LogP contribution is 2.29. The van der Waals surface area contributed by atoms with Crippen LogP contribution in [0.3, 0.4) is 0 Å². The maximum Gasteiger partial charge on any atom is 0.305 e. The maximum absolute atomic E-state index is 13.6. The van der Waals surface area contributed by atoms with Gasteiger partial charge in [-0.05, 0) is 12.1 Å². The van der Waals surface area contributed by atoms with E-state index < -0.39 is 5.82 Å². The number of nitrogens with zero attached hydrogens (tertiary/aromatic N) is 1. The van der Waals surface area contributed by atoms with Crippen molar-refractivity contribution in [2.75, 3.05) is 12.4 Å². The molecule has 2 rings (SSSR count). The van der Waals surface area contributed by atoms with Crippen LogP contribution in [-0.2, 0) is 16.0 Å². The fraction of sp³-hybridized carbons (Fsp3) is 0.231. The Hall–Kier alpha value is -1.66. The largest absolute Gasteiger partial charge is 0.469 e. The summed E-state index contributed by atoms with van der Waals surface area (Å²) in [5.74, 6) is -0.728. The third kappa shape index (κ3) is 3.68. The van der Waals surface area contributed by atoms with Crippen molar-refractivity contribution in [2.45, 2.75) is 12.8 Å². The van der Waals surface area contributed by atoms with Gasteiger partial charge in [0.1, 0.15) is 5.82 Å². The van der Waals surface area contributed by atoms with Crippen LogP contribution in [0.15, 0.2) is 23.6 Å². The van der Waals surface area contributed by atoms with Crippen molar-refractivity contribution in [1.82, 2.24) is 4.98 Å². The summed E-state index contributed by atoms with van der Waals surface area (Å²) < 4.78 is 18.2. The second kappa shape index (κ2) is 6.67. The van der Waals surface area contributed by atoms with Crippen molar-refractivity contribution in [1.29, 1.82) is 0 Å². The zero-order valence-corrected chi connectivity index (χ0v) is 12.2. The molecule has 4 nitrogen and oxygen atoms in total. The normalized spacial score (nSPS) is 10.3. The van der Waals surface area contributed by atoms with E-state index in [1.807, 2.05) is 0 Å². The molecule has 0 aliphatic heterocycles. The van der Waals surface area contributed by atoms with Gasteiger partial charge in [0.2, 0.25) is 0 Å². The molecule has 1 heterocycles. The van der Waals surface area contributed by atoms with E-state index in [2.05, 4.69) is 15.0 Å². The summed E-state index contributed by atoms with van der Waals surface area (Å²) in [6.07, 6.45) is 0.746. The molecular formula is C13H12ClFN2O2S. The SMILES string of the molecule is COC(=O)CCc1csc(Nc2c(F)cccc2Cl)n1. The van der Waals surface area contributed by atoms with E-state index in [1.54, 1.807) is 11.4 Å². The predicted octanol–water partition coefficient (Wildman–Crippen LogP) is 3.78. The molecule has 2 aromatic rings. The number of rotatable bonds is 5. The number of para-hydroxylation sites is 1. The second-order valence-electron chi connectivity index (χ2n) is 3.94. The number of aromatic nitrogens is 1. The molecule has 0 spiro atoms. The maximum atomic E-state index is 13.6. The highest BCUT2D eigenvalue weighted by atomic mass is 35.5. The summed E-state index contributed by atoms with van der Waals surface area (Å²) in [7, 11) is 1.34. The number of nitrogens with one attached hydrogen (secondary N) is 1. The Morgan fingerprint density at radius 1 is 1.55 bits per heavy atom. The third-order valence-electron chi connectivity index (χ3n) is 2.56. The summed E-state index contributed by atoms with van der Waals surface area (Å²) in [6, 6.07) is 4.45. The molecule has 20 heavy (non-hydrogen) atoms. The summed E-state index contributed by atoms with van der Waals surface area (Å²) >= 11 is 7.24. The lowest BCUT2D eigenvalue weighted by atomic mass is 10.2. The van der Waals surface area contributed by atoms with Gasteiger partial charge < -0.3 is 10.1 Å². The van der Waals surface area contributed by atoms with Gasteiger partial charge in [0.15, 0.2) is 5.13 Å². The average Bonchev–Trinajstić information content (AvgIpc) is 2.88. The first-order chi connectivity index (χ1) is 9.60. The van der Waals surface area contributed by atoms with Crippen LogP contribution in [0.1, 0.15) is 12.1 Å². The average molecular weight is 315 g/mol. The fourth-order valence-corrected chi connectivity index (χ4v) is 2.49. The Labute approximate surface area is 124 Å². The number of halogens is 2. The van der Waals surface area contributed by atoms with E-state index in [1.165, 1.54) is 30.6 Å². The van der Waals surface area contributed by atoms with Gasteiger partial charge in [0.05, 0.1) is 29.9 Å². The van der Waals surface area contributed by atoms with Crippen LogP contribution in [0.25, 0.3) is 0 Å². The summed E-state index contributed by atoms with van der Waals surface area (Å²) in [5.41, 5.74) is 0.943. The Morgan fingerprint density at radius 3 is 3.05 bits per heavy atom. The van der Waals surface area contributed by atoms with Crippen LogP contribution in [-0.4, -0.2) is 18.1 Å². The van der Waals surface area contributed by atoms with E-state index in [-0.39, 0.29) is 23.1 Å². The Bertz CT molecular complexity index is 598. The fourth-order valence-electron chi connectivity index (χ4n) is 1.54. The summed E-state index contributed by atoms with van der Waals surface area (Å²) in [5, 5.41) is 5.47. The molecule has 1 N–H and O–H groups in total. The number of carbonyl (C=O) groups excluding carboxylic acids is 1. The van der Waals surface area contributed by atoms with Gasteiger partial charge in [-0.25, -0.2) is 9.37 Å². The summed E-state index contributed by atoms with van der Waals surface area (Å²) in [6.45, 7) is 0. The van der Waals surface area contributed by atoms with Crippen LogP contribution >= 0.6 is 22.9 Å². The van der Waals surface area contributed by atoms with Crippen molar-refractivity contribution < 1.29 is 13.9 Å². The van der Waals surface area contributed by atoms with E-state index in [0.717, 1.165) is 5.69 Å². The van der Waals surface area contributed by atoms with E-state index in [0.29, 0.717) is 11.6 Å². The number of methoxy groups -OCH3 is 1. The summed E-state index contributed by atoms with van der Waals surface area (Å²) in [4.78, 5) is 15.3. The number of esters is 1. The Kier molecular flexibility index (Phi) is 4.92. The smallest absolute Gasteiger partial charge is 0.305 e. The molecule has 0 saturated heterocycles. The first-order valence-electron chi connectivity index (χ1n) is 5.82. The topological polar surface area (TPSA) is 51.2 Å². The monoisotopic (exact) mass is 314 g/mol. The minimum absolute atomic E-state index is 0.197. The van der Waals surface area contributed by atoms with Gasteiger partial charge in [-0.2, -0.15) is 0 Å². The van der Waals surface area contributed by atoms with E-state index in [4.69, 9.17) is 11.6 Å². The molecular weight excluding hydrogens is 303 g/mol. The molecule has 0 fully saturated rings. The van der Waals surface area contributed by atoms with Gasteiger partial charge in [-0.15, -0.1) is 11.3 Å². The molecule has 1 aromatic heterocycles. The minimum atomic E-state index is -0.441. The van der Waals surface area contributed by atoms with Gasteiger partial charge >= 0.3 is 5.97 Å². The van der Waals surface area contributed by atoms with Crippen molar-refractivity contribution in [3.05, 3.63) is 40.1 Å². The lowest BCUT2D eigenvalue weighted by molar-refractivity contribution is -0.140.